The predicted molar refractivity (Wildman–Crippen MR) is 113 cm³/mol. The van der Waals surface area contributed by atoms with Crippen molar-refractivity contribution in [3.8, 4) is 0 Å². The van der Waals surface area contributed by atoms with E-state index in [1.54, 1.807) is 11.8 Å². The summed E-state index contributed by atoms with van der Waals surface area (Å²) in [5, 5.41) is 8.29. The van der Waals surface area contributed by atoms with Gasteiger partial charge in [-0.15, -0.1) is 0 Å². The number of carboxylic acid groups (broad SMARTS) is 1. The lowest BCUT2D eigenvalue weighted by molar-refractivity contribution is -0.161. The molecule has 0 fully saturated rings. The summed E-state index contributed by atoms with van der Waals surface area (Å²) in [5.41, 5.74) is 26.7. The zero-order chi connectivity index (χ0) is 23.7. The van der Waals surface area contributed by atoms with E-state index in [0.29, 0.717) is 19.4 Å². The average molecular weight is 454 g/mol. The number of carboxylic acids is 1. The lowest BCUT2D eigenvalue weighted by Crippen LogP contribution is -2.39. The fraction of sp³-hybridized carbons (Fsp3) is 0.765. The van der Waals surface area contributed by atoms with Crippen molar-refractivity contribution in [2.75, 3.05) is 25.2 Å². The molecule has 0 rings (SSSR count). The number of thioether (sulfide) groups is 1. The first-order valence-electron chi connectivity index (χ1n) is 9.34. The van der Waals surface area contributed by atoms with Crippen molar-refractivity contribution in [1.29, 1.82) is 0 Å². The van der Waals surface area contributed by atoms with E-state index in [1.165, 1.54) is 6.92 Å². The molecule has 0 aliphatic rings. The number of aliphatic carboxylic acids is 1. The maximum Gasteiger partial charge on any atom is 0.330 e. The maximum atomic E-state index is 11.5. The lowest BCUT2D eigenvalue weighted by atomic mass is 10.1. The normalized spacial score (nSPS) is 14.4. The van der Waals surface area contributed by atoms with Gasteiger partial charge in [-0.3, -0.25) is 9.59 Å². The summed E-state index contributed by atoms with van der Waals surface area (Å²) < 4.78 is 9.09. The average Bonchev–Trinajstić information content (AvgIpc) is 2.69. The highest BCUT2D eigenvalue weighted by Gasteiger charge is 2.22. The summed E-state index contributed by atoms with van der Waals surface area (Å²) in [5.74, 6) is -2.55. The van der Waals surface area contributed by atoms with Crippen LogP contribution in [0.3, 0.4) is 0 Å². The van der Waals surface area contributed by atoms with Crippen LogP contribution in [0.4, 0.5) is 0 Å². The molecule has 0 unspecified atom stereocenters. The Bertz CT molecular complexity index is 537. The minimum absolute atomic E-state index is 0.351. The maximum absolute atomic E-state index is 11.5. The van der Waals surface area contributed by atoms with E-state index in [0.717, 1.165) is 18.6 Å². The van der Waals surface area contributed by atoms with Crippen LogP contribution in [0.1, 0.15) is 32.6 Å². The molecule has 0 aliphatic heterocycles. The number of unbranched alkanes of at least 4 members (excludes halogenated alkanes) is 1. The molecular weight excluding hydrogens is 418 g/mol. The SMILES string of the molecule is CSCC[C@H](N)C(=O)OC(=O)[C@@H](N)CCCCN.C[C@H](N)C(=O)OC[C@H](N)C(=O)O. The van der Waals surface area contributed by atoms with E-state index in [4.69, 9.17) is 33.8 Å². The van der Waals surface area contributed by atoms with Crippen LogP contribution in [0.15, 0.2) is 0 Å². The molecule has 0 radical (unpaired) electrons. The van der Waals surface area contributed by atoms with Gasteiger partial charge < -0.3 is 43.2 Å². The zero-order valence-electron chi connectivity index (χ0n) is 17.5. The third kappa shape index (κ3) is 16.1. The monoisotopic (exact) mass is 453 g/mol. The summed E-state index contributed by atoms with van der Waals surface area (Å²) in [6.07, 6.45) is 4.39. The van der Waals surface area contributed by atoms with Crippen molar-refractivity contribution < 1.29 is 33.8 Å². The third-order valence-corrected chi connectivity index (χ3v) is 4.15. The van der Waals surface area contributed by atoms with Crippen molar-refractivity contribution >= 4 is 35.6 Å². The van der Waals surface area contributed by atoms with Crippen LogP contribution in [-0.4, -0.2) is 78.3 Å². The van der Waals surface area contributed by atoms with Gasteiger partial charge >= 0.3 is 23.9 Å². The van der Waals surface area contributed by atoms with E-state index in [9.17, 15) is 19.2 Å². The van der Waals surface area contributed by atoms with E-state index in [-0.39, 0.29) is 6.61 Å². The van der Waals surface area contributed by atoms with E-state index in [1.807, 2.05) is 6.26 Å². The van der Waals surface area contributed by atoms with Gasteiger partial charge in [0, 0.05) is 0 Å². The van der Waals surface area contributed by atoms with E-state index < -0.39 is 48.0 Å². The highest BCUT2D eigenvalue weighted by Crippen LogP contribution is 2.03. The van der Waals surface area contributed by atoms with Gasteiger partial charge in [0.25, 0.3) is 0 Å². The van der Waals surface area contributed by atoms with Gasteiger partial charge in [0.15, 0.2) is 0 Å². The molecule has 0 aromatic rings. The summed E-state index contributed by atoms with van der Waals surface area (Å²) in [7, 11) is 0. The Morgan fingerprint density at radius 2 is 1.43 bits per heavy atom. The van der Waals surface area contributed by atoms with Crippen molar-refractivity contribution in [3.63, 3.8) is 0 Å². The number of carbonyl (C=O) groups excluding carboxylic acids is 3. The Hall–Kier alpha value is -1.77. The quantitative estimate of drug-likeness (QED) is 0.0994. The first-order chi connectivity index (χ1) is 14.0. The topological polar surface area (TPSA) is 237 Å². The molecule has 0 bridgehead atoms. The third-order valence-electron chi connectivity index (χ3n) is 3.50. The molecule has 0 aromatic carbocycles. The largest absolute Gasteiger partial charge is 0.480 e. The minimum atomic E-state index is -1.22. The summed E-state index contributed by atoms with van der Waals surface area (Å²) in [6.45, 7) is 1.64. The van der Waals surface area contributed by atoms with Crippen LogP contribution in [0, 0.1) is 0 Å². The molecule has 13 heteroatoms. The number of rotatable bonds is 13. The Kier molecular flexibility index (Phi) is 18.3. The highest BCUT2D eigenvalue weighted by atomic mass is 32.2. The van der Waals surface area contributed by atoms with Gasteiger partial charge in [-0.05, 0) is 44.7 Å². The van der Waals surface area contributed by atoms with Crippen LogP contribution in [0.25, 0.3) is 0 Å². The number of esters is 3. The van der Waals surface area contributed by atoms with Crippen LogP contribution < -0.4 is 28.7 Å². The molecule has 0 aromatic heterocycles. The Labute approximate surface area is 180 Å². The summed E-state index contributed by atoms with van der Waals surface area (Å²) in [6, 6.07) is -3.50. The second-order valence-corrected chi connectivity index (χ2v) is 7.37. The molecule has 0 spiro atoms. The Morgan fingerprint density at radius 3 is 1.87 bits per heavy atom. The molecule has 0 saturated carbocycles. The van der Waals surface area contributed by atoms with E-state index >= 15 is 0 Å². The molecule has 176 valence electrons. The van der Waals surface area contributed by atoms with Gasteiger partial charge in [-0.25, -0.2) is 9.59 Å². The molecule has 30 heavy (non-hydrogen) atoms. The fourth-order valence-corrected chi connectivity index (χ4v) is 2.10. The van der Waals surface area contributed by atoms with Crippen LogP contribution >= 0.6 is 11.8 Å². The summed E-state index contributed by atoms with van der Waals surface area (Å²) >= 11 is 1.58. The van der Waals surface area contributed by atoms with Crippen molar-refractivity contribution in [1.82, 2.24) is 0 Å². The van der Waals surface area contributed by atoms with Gasteiger partial charge in [0.05, 0.1) is 0 Å². The highest BCUT2D eigenvalue weighted by molar-refractivity contribution is 7.98. The van der Waals surface area contributed by atoms with Crippen molar-refractivity contribution in [3.05, 3.63) is 0 Å². The number of carbonyl (C=O) groups is 4. The van der Waals surface area contributed by atoms with Crippen LogP contribution in [-0.2, 0) is 28.7 Å². The lowest BCUT2D eigenvalue weighted by Gasteiger charge is -2.13. The molecule has 4 atom stereocenters. The Morgan fingerprint density at radius 1 is 0.900 bits per heavy atom. The number of ether oxygens (including phenoxy) is 2. The molecule has 0 heterocycles. The number of nitrogens with two attached hydrogens (primary N) is 5. The van der Waals surface area contributed by atoms with Gasteiger partial charge in [-0.2, -0.15) is 11.8 Å². The van der Waals surface area contributed by atoms with Gasteiger partial charge in [-0.1, -0.05) is 6.42 Å². The van der Waals surface area contributed by atoms with Gasteiger partial charge in [0.2, 0.25) is 0 Å². The zero-order valence-corrected chi connectivity index (χ0v) is 18.3. The minimum Gasteiger partial charge on any atom is -0.480 e. The summed E-state index contributed by atoms with van der Waals surface area (Å²) in [4.78, 5) is 43.7. The molecule has 0 saturated heterocycles. The number of hydrogen-bond donors (Lipinski definition) is 6. The number of hydrogen-bond acceptors (Lipinski definition) is 12. The van der Waals surface area contributed by atoms with E-state index in [2.05, 4.69) is 9.47 Å². The Balaban J connectivity index is 0. The first-order valence-corrected chi connectivity index (χ1v) is 10.7. The molecule has 0 aliphatic carbocycles. The second-order valence-electron chi connectivity index (χ2n) is 6.38. The predicted octanol–water partition coefficient (Wildman–Crippen LogP) is -2.12. The van der Waals surface area contributed by atoms with Crippen LogP contribution in [0.2, 0.25) is 0 Å². The second kappa shape index (κ2) is 18.0. The van der Waals surface area contributed by atoms with Crippen LogP contribution in [0.5, 0.6) is 0 Å². The standard InChI is InChI=1S/C11H23N3O3S.C6H12N2O4/c1-18-7-5-9(14)11(16)17-10(15)8(13)4-2-3-6-12;1-3(7)6(11)12-2-4(8)5(9)10/h8-9H,2-7,12-14H2,1H3;3-4H,2,7-8H2,1H3,(H,9,10)/t8-,9-;3-,4-/m00/s1. The molecule has 11 N–H and O–H groups in total. The van der Waals surface area contributed by atoms with Crippen molar-refractivity contribution in [2.45, 2.75) is 56.8 Å². The van der Waals surface area contributed by atoms with Crippen molar-refractivity contribution in [2.24, 2.45) is 28.7 Å². The molecular formula is C17H35N5O7S. The molecule has 12 nitrogen and oxygen atoms in total. The fourth-order valence-electron chi connectivity index (χ4n) is 1.61. The smallest absolute Gasteiger partial charge is 0.330 e. The van der Waals surface area contributed by atoms with Gasteiger partial charge in [0.1, 0.15) is 30.8 Å². The molecule has 0 amide bonds. The first kappa shape index (κ1) is 30.4.